The lowest BCUT2D eigenvalue weighted by atomic mass is 10.1. The summed E-state index contributed by atoms with van der Waals surface area (Å²) in [5.41, 5.74) is 10.5. The smallest absolute Gasteiger partial charge is 0.255 e. The SMILES string of the molecule is CCn1c2ccccc2c2cc(NC(=O)c3ccc(-n4ncc(C#N)c4N)cc3)ccc21. The number of nitrogens with two attached hydrogens (primary N) is 1. The van der Waals surface area contributed by atoms with Gasteiger partial charge in [-0.1, -0.05) is 18.2 Å². The minimum Gasteiger partial charge on any atom is -0.382 e. The Hall–Kier alpha value is -4.57. The van der Waals surface area contributed by atoms with E-state index in [-0.39, 0.29) is 11.7 Å². The lowest BCUT2D eigenvalue weighted by Gasteiger charge is -2.08. The molecule has 0 aliphatic heterocycles. The molecule has 0 radical (unpaired) electrons. The predicted molar refractivity (Wildman–Crippen MR) is 126 cm³/mol. The number of carbonyl (C=O) groups is 1. The van der Waals surface area contributed by atoms with Crippen LogP contribution in [0.1, 0.15) is 22.8 Å². The van der Waals surface area contributed by atoms with Crippen molar-refractivity contribution < 1.29 is 4.79 Å². The third-order valence-electron chi connectivity index (χ3n) is 5.65. The summed E-state index contributed by atoms with van der Waals surface area (Å²) in [5, 5.41) is 18.4. The van der Waals surface area contributed by atoms with Gasteiger partial charge in [-0.05, 0) is 55.5 Å². The number of benzene rings is 3. The van der Waals surface area contributed by atoms with Crippen LogP contribution in [0.25, 0.3) is 27.5 Å². The van der Waals surface area contributed by atoms with Gasteiger partial charge in [0.1, 0.15) is 17.5 Å². The minimum atomic E-state index is -0.207. The molecule has 0 fully saturated rings. The molecule has 0 unspecified atom stereocenters. The summed E-state index contributed by atoms with van der Waals surface area (Å²) in [4.78, 5) is 12.8. The van der Waals surface area contributed by atoms with Crippen LogP contribution in [0.2, 0.25) is 0 Å². The molecule has 0 aliphatic carbocycles. The van der Waals surface area contributed by atoms with E-state index in [1.165, 1.54) is 21.8 Å². The van der Waals surface area contributed by atoms with Crippen LogP contribution in [0.15, 0.2) is 72.9 Å². The van der Waals surface area contributed by atoms with Gasteiger partial charge in [-0.3, -0.25) is 4.79 Å². The Bertz CT molecular complexity index is 1520. The number of nitrogens with one attached hydrogen (secondary N) is 1. The molecule has 5 aromatic rings. The zero-order chi connectivity index (χ0) is 22.2. The second kappa shape index (κ2) is 7.60. The topological polar surface area (TPSA) is 102 Å². The summed E-state index contributed by atoms with van der Waals surface area (Å²) < 4.78 is 3.74. The first-order chi connectivity index (χ1) is 15.6. The number of carbonyl (C=O) groups excluding carboxylic acids is 1. The van der Waals surface area contributed by atoms with Crippen molar-refractivity contribution in [3.05, 3.63) is 84.1 Å². The molecule has 32 heavy (non-hydrogen) atoms. The van der Waals surface area contributed by atoms with Crippen LogP contribution < -0.4 is 11.1 Å². The van der Waals surface area contributed by atoms with Gasteiger partial charge in [-0.2, -0.15) is 10.4 Å². The van der Waals surface area contributed by atoms with Gasteiger partial charge in [0.05, 0.1) is 11.9 Å². The van der Waals surface area contributed by atoms with Gasteiger partial charge in [0.2, 0.25) is 0 Å². The fraction of sp³-hybridized carbons (Fsp3) is 0.0800. The van der Waals surface area contributed by atoms with Crippen LogP contribution in [0.3, 0.4) is 0 Å². The van der Waals surface area contributed by atoms with E-state index in [0.717, 1.165) is 23.1 Å². The van der Waals surface area contributed by atoms with Gasteiger partial charge >= 0.3 is 0 Å². The standard InChI is InChI=1S/C25H20N6O/c1-2-30-22-6-4-3-5-20(22)21-13-18(9-12-23(21)30)29-25(32)16-7-10-19(11-8-16)31-24(27)17(14-26)15-28-31/h3-13,15H,2,27H2,1H3,(H,29,32). The van der Waals surface area contributed by atoms with Gasteiger partial charge in [0.25, 0.3) is 5.91 Å². The number of nitrogen functional groups attached to an aromatic ring is 1. The monoisotopic (exact) mass is 420 g/mol. The maximum absolute atomic E-state index is 12.8. The Balaban J connectivity index is 1.43. The number of rotatable bonds is 4. The molecule has 2 heterocycles. The quantitative estimate of drug-likeness (QED) is 0.440. The van der Waals surface area contributed by atoms with Crippen LogP contribution in [0.4, 0.5) is 11.5 Å². The van der Waals surface area contributed by atoms with E-state index in [2.05, 4.69) is 34.0 Å². The Morgan fingerprint density at radius 1 is 1.06 bits per heavy atom. The second-order valence-electron chi connectivity index (χ2n) is 7.46. The molecule has 0 bridgehead atoms. The summed E-state index contributed by atoms with van der Waals surface area (Å²) in [6.07, 6.45) is 1.42. The van der Waals surface area contributed by atoms with E-state index in [1.807, 2.05) is 36.4 Å². The van der Waals surface area contributed by atoms with Crippen LogP contribution >= 0.6 is 0 Å². The summed E-state index contributed by atoms with van der Waals surface area (Å²) in [5.74, 6) is 0.0607. The van der Waals surface area contributed by atoms with Crippen LogP contribution in [-0.4, -0.2) is 20.3 Å². The molecule has 3 aromatic carbocycles. The zero-order valence-electron chi connectivity index (χ0n) is 17.4. The van der Waals surface area contributed by atoms with Crippen LogP contribution in [0, 0.1) is 11.3 Å². The highest BCUT2D eigenvalue weighted by atomic mass is 16.1. The van der Waals surface area contributed by atoms with Crippen molar-refractivity contribution in [2.45, 2.75) is 13.5 Å². The van der Waals surface area contributed by atoms with Gasteiger partial charge in [-0.25, -0.2) is 4.68 Å². The van der Waals surface area contributed by atoms with E-state index < -0.39 is 0 Å². The summed E-state index contributed by atoms with van der Waals surface area (Å²) in [6, 6.07) is 23.2. The van der Waals surface area contributed by atoms with Crippen molar-refractivity contribution in [2.24, 2.45) is 0 Å². The number of para-hydroxylation sites is 1. The third kappa shape index (κ3) is 3.06. The molecule has 0 saturated carbocycles. The fourth-order valence-corrected chi connectivity index (χ4v) is 4.08. The van der Waals surface area contributed by atoms with Gasteiger partial charge in [0.15, 0.2) is 0 Å². The third-order valence-corrected chi connectivity index (χ3v) is 5.65. The number of aryl methyl sites for hydroxylation is 1. The average molecular weight is 420 g/mol. The number of hydrogen-bond acceptors (Lipinski definition) is 4. The molecular formula is C25H20N6O. The molecule has 156 valence electrons. The number of amides is 1. The minimum absolute atomic E-state index is 0.207. The molecule has 7 nitrogen and oxygen atoms in total. The first-order valence-corrected chi connectivity index (χ1v) is 10.3. The number of anilines is 2. The van der Waals surface area contributed by atoms with E-state index in [0.29, 0.717) is 16.8 Å². The highest BCUT2D eigenvalue weighted by molar-refractivity contribution is 6.11. The Labute approximate surface area is 184 Å². The van der Waals surface area contributed by atoms with E-state index >= 15 is 0 Å². The normalized spacial score (nSPS) is 11.0. The zero-order valence-corrected chi connectivity index (χ0v) is 17.4. The number of nitrogens with zero attached hydrogens (tertiary/aromatic N) is 4. The number of fused-ring (bicyclic) bond motifs is 3. The van der Waals surface area contributed by atoms with Gasteiger partial charge in [0, 0.05) is 39.6 Å². The molecule has 5 rings (SSSR count). The lowest BCUT2D eigenvalue weighted by molar-refractivity contribution is 0.102. The van der Waals surface area contributed by atoms with Gasteiger partial charge in [-0.15, -0.1) is 0 Å². The first kappa shape index (κ1) is 19.4. The lowest BCUT2D eigenvalue weighted by Crippen LogP contribution is -2.12. The molecule has 1 amide bonds. The summed E-state index contributed by atoms with van der Waals surface area (Å²) in [7, 11) is 0. The highest BCUT2D eigenvalue weighted by Crippen LogP contribution is 2.31. The second-order valence-corrected chi connectivity index (χ2v) is 7.46. The van der Waals surface area contributed by atoms with Crippen molar-refractivity contribution in [2.75, 3.05) is 11.1 Å². The van der Waals surface area contributed by atoms with E-state index in [1.54, 1.807) is 24.3 Å². The van der Waals surface area contributed by atoms with E-state index in [9.17, 15) is 4.79 Å². The molecule has 0 atom stereocenters. The molecule has 2 aromatic heterocycles. The van der Waals surface area contributed by atoms with Crippen molar-refractivity contribution in [3.63, 3.8) is 0 Å². The molecular weight excluding hydrogens is 400 g/mol. The molecule has 0 saturated heterocycles. The molecule has 7 heteroatoms. The number of hydrogen-bond donors (Lipinski definition) is 2. The molecule has 0 aliphatic rings. The van der Waals surface area contributed by atoms with E-state index in [4.69, 9.17) is 11.0 Å². The molecule has 3 N–H and O–H groups in total. The number of nitriles is 1. The van der Waals surface area contributed by atoms with Crippen molar-refractivity contribution in [1.29, 1.82) is 5.26 Å². The predicted octanol–water partition coefficient (Wildman–Crippen LogP) is 4.71. The van der Waals surface area contributed by atoms with Crippen molar-refractivity contribution >= 4 is 39.2 Å². The fourth-order valence-electron chi connectivity index (χ4n) is 4.08. The Morgan fingerprint density at radius 2 is 1.81 bits per heavy atom. The van der Waals surface area contributed by atoms with Crippen LogP contribution in [0.5, 0.6) is 0 Å². The summed E-state index contributed by atoms with van der Waals surface area (Å²) >= 11 is 0. The number of aromatic nitrogens is 3. The molecule has 0 spiro atoms. The summed E-state index contributed by atoms with van der Waals surface area (Å²) in [6.45, 7) is 3.00. The van der Waals surface area contributed by atoms with Gasteiger partial charge < -0.3 is 15.6 Å². The highest BCUT2D eigenvalue weighted by Gasteiger charge is 2.13. The van der Waals surface area contributed by atoms with Crippen molar-refractivity contribution in [1.82, 2.24) is 14.3 Å². The average Bonchev–Trinajstić information content (AvgIpc) is 3.36. The van der Waals surface area contributed by atoms with Crippen molar-refractivity contribution in [3.8, 4) is 11.8 Å². The maximum atomic E-state index is 12.8. The Kier molecular flexibility index (Phi) is 4.61. The maximum Gasteiger partial charge on any atom is 0.255 e. The van der Waals surface area contributed by atoms with Crippen LogP contribution in [-0.2, 0) is 6.54 Å². The first-order valence-electron chi connectivity index (χ1n) is 10.3. The Morgan fingerprint density at radius 3 is 2.53 bits per heavy atom. The largest absolute Gasteiger partial charge is 0.382 e.